The van der Waals surface area contributed by atoms with E-state index >= 15 is 0 Å². The topological polar surface area (TPSA) is 62.9 Å². The Morgan fingerprint density at radius 2 is 2.04 bits per heavy atom. The van der Waals surface area contributed by atoms with Gasteiger partial charge in [-0.25, -0.2) is 0 Å². The van der Waals surface area contributed by atoms with Crippen LogP contribution in [0.3, 0.4) is 0 Å². The van der Waals surface area contributed by atoms with E-state index in [9.17, 15) is 5.11 Å². The van der Waals surface area contributed by atoms with Gasteiger partial charge in [-0.15, -0.1) is 10.2 Å². The quantitative estimate of drug-likeness (QED) is 0.727. The second-order valence-corrected chi connectivity index (χ2v) is 7.32. The molecule has 1 aliphatic rings. The van der Waals surface area contributed by atoms with Crippen molar-refractivity contribution in [2.45, 2.75) is 31.8 Å². The molecule has 6 nitrogen and oxygen atoms in total. The number of aliphatic hydroxyl groups excluding tert-OH is 1. The molecular formula is C21H26N4O2. The number of para-hydroxylation sites is 1. The first kappa shape index (κ1) is 17.9. The lowest BCUT2D eigenvalue weighted by Crippen LogP contribution is -2.41. The molecule has 0 unspecified atom stereocenters. The van der Waals surface area contributed by atoms with Crippen molar-refractivity contribution in [1.82, 2.24) is 19.5 Å². The van der Waals surface area contributed by atoms with Gasteiger partial charge in [0.15, 0.2) is 5.65 Å². The molecule has 0 saturated carbocycles. The number of rotatable bonds is 6. The van der Waals surface area contributed by atoms with Gasteiger partial charge in [-0.05, 0) is 50.1 Å². The Morgan fingerprint density at radius 1 is 1.19 bits per heavy atom. The number of nitrogens with zero attached hydrogens (tertiary/aromatic N) is 4. The minimum absolute atomic E-state index is 0.305. The molecular weight excluding hydrogens is 340 g/mol. The third kappa shape index (κ3) is 4.12. The van der Waals surface area contributed by atoms with Crippen molar-refractivity contribution in [3.8, 4) is 5.75 Å². The number of piperidine rings is 1. The van der Waals surface area contributed by atoms with E-state index in [1.807, 2.05) is 55.6 Å². The second-order valence-electron chi connectivity index (χ2n) is 7.32. The Balaban J connectivity index is 1.35. The Kier molecular flexibility index (Phi) is 5.36. The van der Waals surface area contributed by atoms with Crippen LogP contribution < -0.4 is 4.74 Å². The number of aliphatic hydroxyl groups is 1. The third-order valence-corrected chi connectivity index (χ3v) is 5.20. The summed E-state index contributed by atoms with van der Waals surface area (Å²) in [5.74, 6) is 2.18. The summed E-state index contributed by atoms with van der Waals surface area (Å²) in [5.41, 5.74) is 1.97. The molecule has 0 spiro atoms. The largest absolute Gasteiger partial charge is 0.491 e. The highest BCUT2D eigenvalue weighted by atomic mass is 16.5. The summed E-state index contributed by atoms with van der Waals surface area (Å²) in [4.78, 5) is 2.31. The Hall–Kier alpha value is -2.44. The number of β-amino-alcohol motifs (C(OH)–C–C–N with tert-alkyl or cyclic N) is 1. The van der Waals surface area contributed by atoms with E-state index in [1.54, 1.807) is 0 Å². The van der Waals surface area contributed by atoms with E-state index in [0.29, 0.717) is 19.1 Å². The van der Waals surface area contributed by atoms with Crippen LogP contribution in [0.25, 0.3) is 5.65 Å². The van der Waals surface area contributed by atoms with Gasteiger partial charge >= 0.3 is 0 Å². The van der Waals surface area contributed by atoms with Crippen LogP contribution in [-0.4, -0.2) is 56.9 Å². The average Bonchev–Trinajstić information content (AvgIpc) is 3.12. The number of likely N-dealkylation sites (tertiary alicyclic amines) is 1. The molecule has 0 aliphatic carbocycles. The molecule has 2 aromatic heterocycles. The molecule has 1 saturated heterocycles. The van der Waals surface area contributed by atoms with E-state index < -0.39 is 6.10 Å². The summed E-state index contributed by atoms with van der Waals surface area (Å²) < 4.78 is 7.87. The summed E-state index contributed by atoms with van der Waals surface area (Å²) in [6.45, 7) is 4.81. The number of fused-ring (bicyclic) bond motifs is 1. The van der Waals surface area contributed by atoms with Gasteiger partial charge in [0.1, 0.15) is 24.3 Å². The fourth-order valence-corrected chi connectivity index (χ4v) is 3.83. The highest BCUT2D eigenvalue weighted by Crippen LogP contribution is 2.26. The maximum Gasteiger partial charge on any atom is 0.160 e. The van der Waals surface area contributed by atoms with Crippen LogP contribution in [0.4, 0.5) is 0 Å². The molecule has 0 bridgehead atoms. The number of aromatic nitrogens is 3. The lowest BCUT2D eigenvalue weighted by Gasteiger charge is -2.33. The molecule has 4 rings (SSSR count). The maximum atomic E-state index is 10.4. The van der Waals surface area contributed by atoms with E-state index in [-0.39, 0.29) is 0 Å². The molecule has 3 heterocycles. The summed E-state index contributed by atoms with van der Waals surface area (Å²) in [7, 11) is 0. The lowest BCUT2D eigenvalue weighted by atomic mass is 9.97. The highest BCUT2D eigenvalue weighted by molar-refractivity contribution is 5.37. The van der Waals surface area contributed by atoms with E-state index in [0.717, 1.165) is 48.7 Å². The Morgan fingerprint density at radius 3 is 2.93 bits per heavy atom. The van der Waals surface area contributed by atoms with Gasteiger partial charge in [-0.1, -0.05) is 24.3 Å². The molecule has 2 atom stereocenters. The summed E-state index contributed by atoms with van der Waals surface area (Å²) in [6.07, 6.45) is 3.70. The Labute approximate surface area is 159 Å². The van der Waals surface area contributed by atoms with Crippen LogP contribution in [0.5, 0.6) is 5.75 Å². The maximum absolute atomic E-state index is 10.4. The third-order valence-electron chi connectivity index (χ3n) is 5.20. The van der Waals surface area contributed by atoms with Gasteiger partial charge in [0.05, 0.1) is 0 Å². The standard InChI is InChI=1S/C21H26N4O2/c1-16-7-2-3-9-19(16)27-15-18(26)14-24-11-6-8-17(13-24)21-23-22-20-10-4-5-12-25(20)21/h2-5,7,9-10,12,17-18,26H,6,8,11,13-15H2,1H3/t17-,18-/m0/s1. The zero-order valence-electron chi connectivity index (χ0n) is 15.7. The predicted octanol–water partition coefficient (Wildman–Crippen LogP) is 2.66. The van der Waals surface area contributed by atoms with Crippen LogP contribution in [0.2, 0.25) is 0 Å². The van der Waals surface area contributed by atoms with Crippen molar-refractivity contribution >= 4 is 5.65 Å². The monoisotopic (exact) mass is 366 g/mol. The van der Waals surface area contributed by atoms with Gasteiger partial charge in [-0.3, -0.25) is 9.30 Å². The molecule has 1 fully saturated rings. The zero-order chi connectivity index (χ0) is 18.6. The Bertz CT molecular complexity index is 895. The van der Waals surface area contributed by atoms with Crippen LogP contribution in [-0.2, 0) is 0 Å². The molecule has 6 heteroatoms. The summed E-state index contributed by atoms with van der Waals surface area (Å²) >= 11 is 0. The van der Waals surface area contributed by atoms with Gasteiger partial charge in [0.2, 0.25) is 0 Å². The summed E-state index contributed by atoms with van der Waals surface area (Å²) in [5, 5.41) is 19.1. The lowest BCUT2D eigenvalue weighted by molar-refractivity contribution is 0.0575. The van der Waals surface area contributed by atoms with E-state index in [4.69, 9.17) is 4.74 Å². The molecule has 27 heavy (non-hydrogen) atoms. The normalized spacial score (nSPS) is 19.3. The first-order valence-electron chi connectivity index (χ1n) is 9.59. The van der Waals surface area contributed by atoms with Crippen molar-refractivity contribution in [2.75, 3.05) is 26.2 Å². The highest BCUT2D eigenvalue weighted by Gasteiger charge is 2.26. The second kappa shape index (κ2) is 8.06. The van der Waals surface area contributed by atoms with Crippen molar-refractivity contribution in [3.63, 3.8) is 0 Å². The number of benzene rings is 1. The first-order valence-corrected chi connectivity index (χ1v) is 9.59. The first-order chi connectivity index (χ1) is 13.2. The predicted molar refractivity (Wildman–Crippen MR) is 104 cm³/mol. The van der Waals surface area contributed by atoms with Crippen LogP contribution in [0.1, 0.15) is 30.1 Å². The number of ether oxygens (including phenoxy) is 1. The van der Waals surface area contributed by atoms with Crippen molar-refractivity contribution in [3.05, 3.63) is 60.0 Å². The molecule has 1 aromatic carbocycles. The summed E-state index contributed by atoms with van der Waals surface area (Å²) in [6, 6.07) is 13.9. The van der Waals surface area contributed by atoms with Crippen molar-refractivity contribution in [2.24, 2.45) is 0 Å². The minimum atomic E-state index is -0.515. The van der Waals surface area contributed by atoms with Gasteiger partial charge in [-0.2, -0.15) is 0 Å². The van der Waals surface area contributed by atoms with Gasteiger partial charge < -0.3 is 9.84 Å². The number of hydrogen-bond donors (Lipinski definition) is 1. The van der Waals surface area contributed by atoms with Crippen molar-refractivity contribution < 1.29 is 9.84 Å². The fourth-order valence-electron chi connectivity index (χ4n) is 3.83. The van der Waals surface area contributed by atoms with Crippen LogP contribution >= 0.6 is 0 Å². The van der Waals surface area contributed by atoms with Crippen LogP contribution in [0.15, 0.2) is 48.7 Å². The van der Waals surface area contributed by atoms with Crippen LogP contribution in [0, 0.1) is 6.92 Å². The van der Waals surface area contributed by atoms with Gasteiger partial charge in [0.25, 0.3) is 0 Å². The number of aryl methyl sites for hydroxylation is 1. The average molecular weight is 366 g/mol. The van der Waals surface area contributed by atoms with E-state index in [2.05, 4.69) is 19.5 Å². The SMILES string of the molecule is Cc1ccccc1OC[C@@H](O)CN1CCC[C@H](c2nnc3ccccn23)C1. The number of hydrogen-bond acceptors (Lipinski definition) is 5. The van der Waals surface area contributed by atoms with Gasteiger partial charge in [0, 0.05) is 25.2 Å². The molecule has 1 N–H and O–H groups in total. The molecule has 3 aromatic rings. The van der Waals surface area contributed by atoms with Crippen molar-refractivity contribution in [1.29, 1.82) is 0 Å². The molecule has 0 amide bonds. The smallest absolute Gasteiger partial charge is 0.160 e. The molecule has 0 radical (unpaired) electrons. The fraction of sp³-hybridized carbons (Fsp3) is 0.429. The minimum Gasteiger partial charge on any atom is -0.491 e. The van der Waals surface area contributed by atoms with E-state index in [1.165, 1.54) is 0 Å². The molecule has 1 aliphatic heterocycles. The zero-order valence-corrected chi connectivity index (χ0v) is 15.7. The molecule has 142 valence electrons. The number of pyridine rings is 1.